The second kappa shape index (κ2) is 7.73. The van der Waals surface area contributed by atoms with Crippen molar-refractivity contribution in [2.75, 3.05) is 23.3 Å². The van der Waals surface area contributed by atoms with E-state index in [1.807, 2.05) is 6.92 Å². The molecular weight excluding hydrogens is 349 g/mol. The molecule has 1 aliphatic rings. The number of nitrogens with zero attached hydrogens (tertiary/aromatic N) is 2. The lowest BCUT2D eigenvalue weighted by Crippen LogP contribution is -2.33. The Labute approximate surface area is 157 Å². The zero-order chi connectivity index (χ0) is 19.6. The number of aryl methyl sites for hydroxylation is 2. The first-order valence-electron chi connectivity index (χ1n) is 8.94. The number of hydrogen-bond acceptors (Lipinski definition) is 4. The molecule has 0 spiro atoms. The van der Waals surface area contributed by atoms with Crippen LogP contribution in [0.25, 0.3) is 0 Å². The Balaban J connectivity index is 1.66. The highest BCUT2D eigenvalue weighted by Crippen LogP contribution is 2.32. The number of amides is 1. The minimum atomic E-state index is -0.464. The van der Waals surface area contributed by atoms with E-state index >= 15 is 0 Å². The molecule has 0 radical (unpaired) electrons. The molecule has 0 unspecified atom stereocenters. The molecular formula is C20H22FN3O3. The minimum Gasteiger partial charge on any atom is -0.370 e. The van der Waals surface area contributed by atoms with Crippen molar-refractivity contribution in [1.82, 2.24) is 0 Å². The average Bonchev–Trinajstić information content (AvgIpc) is 2.64. The van der Waals surface area contributed by atoms with Crippen LogP contribution < -0.4 is 10.2 Å². The Morgan fingerprint density at radius 2 is 2.04 bits per heavy atom. The molecule has 3 rings (SSSR count). The molecule has 1 amide bonds. The number of carbonyl (C=O) groups excluding carboxylic acids is 1. The fourth-order valence-corrected chi connectivity index (χ4v) is 3.54. The summed E-state index contributed by atoms with van der Waals surface area (Å²) in [5.41, 5.74) is 3.84. The molecule has 0 saturated heterocycles. The molecule has 0 aromatic heterocycles. The molecule has 0 bridgehead atoms. The molecule has 142 valence electrons. The van der Waals surface area contributed by atoms with Gasteiger partial charge in [0.15, 0.2) is 0 Å². The molecule has 1 heterocycles. The summed E-state index contributed by atoms with van der Waals surface area (Å²) in [5.74, 6) is -0.362. The van der Waals surface area contributed by atoms with Gasteiger partial charge in [-0.25, -0.2) is 4.39 Å². The van der Waals surface area contributed by atoms with E-state index < -0.39 is 4.92 Å². The van der Waals surface area contributed by atoms with Gasteiger partial charge in [-0.3, -0.25) is 14.9 Å². The highest BCUT2D eigenvalue weighted by Gasteiger charge is 2.22. The monoisotopic (exact) mass is 371 g/mol. The Kier molecular flexibility index (Phi) is 5.39. The van der Waals surface area contributed by atoms with E-state index in [-0.39, 0.29) is 23.8 Å². The second-order valence-electron chi connectivity index (χ2n) is 6.84. The average molecular weight is 371 g/mol. The molecule has 1 N–H and O–H groups in total. The lowest BCUT2D eigenvalue weighted by Gasteiger charge is -2.33. The number of rotatable bonds is 5. The third-order valence-corrected chi connectivity index (χ3v) is 4.90. The van der Waals surface area contributed by atoms with Gasteiger partial charge in [0.05, 0.1) is 4.92 Å². The molecule has 0 aliphatic carbocycles. The van der Waals surface area contributed by atoms with Crippen molar-refractivity contribution in [3.63, 3.8) is 0 Å². The first-order valence-corrected chi connectivity index (χ1v) is 8.94. The van der Waals surface area contributed by atoms with Crippen LogP contribution in [0, 0.1) is 29.8 Å². The summed E-state index contributed by atoms with van der Waals surface area (Å²) in [5, 5.41) is 13.6. The fourth-order valence-electron chi connectivity index (χ4n) is 3.54. The molecule has 7 heteroatoms. The van der Waals surface area contributed by atoms with Crippen molar-refractivity contribution in [3.8, 4) is 0 Å². The van der Waals surface area contributed by atoms with Gasteiger partial charge in [-0.2, -0.15) is 0 Å². The van der Waals surface area contributed by atoms with Crippen molar-refractivity contribution < 1.29 is 14.1 Å². The van der Waals surface area contributed by atoms with Gasteiger partial charge in [0.2, 0.25) is 5.91 Å². The Hall–Kier alpha value is -2.96. The van der Waals surface area contributed by atoms with Gasteiger partial charge in [0.1, 0.15) is 5.82 Å². The van der Waals surface area contributed by atoms with E-state index in [2.05, 4.69) is 10.2 Å². The Morgan fingerprint density at radius 3 is 2.74 bits per heavy atom. The van der Waals surface area contributed by atoms with E-state index in [9.17, 15) is 19.3 Å². The van der Waals surface area contributed by atoms with Crippen LogP contribution in [-0.4, -0.2) is 23.9 Å². The summed E-state index contributed by atoms with van der Waals surface area (Å²) in [7, 11) is 0. The summed E-state index contributed by atoms with van der Waals surface area (Å²) in [4.78, 5) is 24.8. The maximum absolute atomic E-state index is 14.1. The SMILES string of the molecule is Cc1cc([N+](=O)[O-])ccc1NC(=O)CCN1CCCc2c(F)ccc(C)c21. The maximum Gasteiger partial charge on any atom is 0.269 e. The number of nitro groups is 1. The predicted molar refractivity (Wildman–Crippen MR) is 103 cm³/mol. The van der Waals surface area contributed by atoms with Crippen LogP contribution in [0.15, 0.2) is 30.3 Å². The van der Waals surface area contributed by atoms with Crippen LogP contribution in [0.2, 0.25) is 0 Å². The first kappa shape index (κ1) is 18.8. The number of nitro benzene ring substituents is 1. The fraction of sp³-hybridized carbons (Fsp3) is 0.350. The number of hydrogen-bond donors (Lipinski definition) is 1. The van der Waals surface area contributed by atoms with Gasteiger partial charge in [0.25, 0.3) is 5.69 Å². The number of non-ortho nitro benzene ring substituents is 1. The van der Waals surface area contributed by atoms with Crippen LogP contribution in [0.1, 0.15) is 29.5 Å². The third-order valence-electron chi connectivity index (χ3n) is 4.90. The molecule has 0 fully saturated rings. The van der Waals surface area contributed by atoms with Crippen molar-refractivity contribution in [1.29, 1.82) is 0 Å². The van der Waals surface area contributed by atoms with E-state index in [0.717, 1.165) is 29.8 Å². The van der Waals surface area contributed by atoms with Gasteiger partial charge >= 0.3 is 0 Å². The summed E-state index contributed by atoms with van der Waals surface area (Å²) in [6.45, 7) is 4.96. The molecule has 0 saturated carbocycles. The van der Waals surface area contributed by atoms with Gasteiger partial charge in [-0.05, 0) is 49.9 Å². The van der Waals surface area contributed by atoms with Crippen LogP contribution in [0.5, 0.6) is 0 Å². The van der Waals surface area contributed by atoms with Gasteiger partial charge in [-0.15, -0.1) is 0 Å². The standard InChI is InChI=1S/C20H22FN3O3/c1-13-5-7-17(21)16-4-3-10-23(20(13)16)11-9-19(25)22-18-8-6-15(24(26)27)12-14(18)2/h5-8,12H,3-4,9-11H2,1-2H3,(H,22,25). The first-order chi connectivity index (χ1) is 12.9. The van der Waals surface area contributed by atoms with E-state index in [1.54, 1.807) is 19.1 Å². The summed E-state index contributed by atoms with van der Waals surface area (Å²) in [6.07, 6.45) is 1.83. The molecule has 2 aromatic carbocycles. The summed E-state index contributed by atoms with van der Waals surface area (Å²) in [6, 6.07) is 7.62. The molecule has 1 aliphatic heterocycles. The van der Waals surface area contributed by atoms with E-state index in [1.165, 1.54) is 18.2 Å². The van der Waals surface area contributed by atoms with Crippen molar-refractivity contribution in [3.05, 3.63) is 63.0 Å². The Morgan fingerprint density at radius 1 is 1.26 bits per heavy atom. The zero-order valence-electron chi connectivity index (χ0n) is 15.4. The molecule has 2 aromatic rings. The molecule has 0 atom stereocenters. The summed E-state index contributed by atoms with van der Waals surface area (Å²) >= 11 is 0. The predicted octanol–water partition coefficient (Wildman–Crippen LogP) is 4.13. The molecule has 27 heavy (non-hydrogen) atoms. The smallest absolute Gasteiger partial charge is 0.269 e. The highest BCUT2D eigenvalue weighted by molar-refractivity contribution is 5.92. The van der Waals surface area contributed by atoms with Crippen LogP contribution >= 0.6 is 0 Å². The number of fused-ring (bicyclic) bond motifs is 1. The normalized spacial score (nSPS) is 13.2. The number of anilines is 2. The quantitative estimate of drug-likeness (QED) is 0.633. The van der Waals surface area contributed by atoms with Crippen molar-refractivity contribution >= 4 is 23.0 Å². The highest BCUT2D eigenvalue weighted by atomic mass is 19.1. The van der Waals surface area contributed by atoms with E-state index in [4.69, 9.17) is 0 Å². The number of halogens is 1. The lowest BCUT2D eigenvalue weighted by atomic mass is 9.97. The Bertz CT molecular complexity index is 898. The third kappa shape index (κ3) is 4.07. The zero-order valence-corrected chi connectivity index (χ0v) is 15.4. The number of nitrogens with one attached hydrogen (secondary N) is 1. The van der Waals surface area contributed by atoms with Crippen molar-refractivity contribution in [2.45, 2.75) is 33.1 Å². The van der Waals surface area contributed by atoms with Gasteiger partial charge < -0.3 is 10.2 Å². The maximum atomic E-state index is 14.1. The van der Waals surface area contributed by atoms with Crippen molar-refractivity contribution in [2.24, 2.45) is 0 Å². The van der Waals surface area contributed by atoms with Crippen LogP contribution in [0.4, 0.5) is 21.5 Å². The lowest BCUT2D eigenvalue weighted by molar-refractivity contribution is -0.384. The topological polar surface area (TPSA) is 75.5 Å². The van der Waals surface area contributed by atoms with Gasteiger partial charge in [0, 0.05) is 48.6 Å². The number of carbonyl (C=O) groups is 1. The van der Waals surface area contributed by atoms with E-state index in [0.29, 0.717) is 24.2 Å². The van der Waals surface area contributed by atoms with Crippen LogP contribution in [-0.2, 0) is 11.2 Å². The van der Waals surface area contributed by atoms with Gasteiger partial charge in [-0.1, -0.05) is 6.07 Å². The largest absolute Gasteiger partial charge is 0.370 e. The minimum absolute atomic E-state index is 0.00655. The molecule has 6 nitrogen and oxygen atoms in total. The second-order valence-corrected chi connectivity index (χ2v) is 6.84. The number of benzene rings is 2. The van der Waals surface area contributed by atoms with Crippen LogP contribution in [0.3, 0.4) is 0 Å². The summed E-state index contributed by atoms with van der Waals surface area (Å²) < 4.78 is 14.1.